The summed E-state index contributed by atoms with van der Waals surface area (Å²) in [7, 11) is 0. The minimum atomic E-state index is 0.905. The smallest absolute Gasteiger partial charge is 0.0386 e. The van der Waals surface area contributed by atoms with Crippen molar-refractivity contribution in [1.29, 1.82) is 0 Å². The molecule has 0 bridgehead atoms. The van der Waals surface area contributed by atoms with Gasteiger partial charge in [0.25, 0.3) is 0 Å². The maximum atomic E-state index is 3.61. The van der Waals surface area contributed by atoms with Crippen LogP contribution in [0.2, 0.25) is 0 Å². The molecule has 0 aromatic heterocycles. The normalized spacial score (nSPS) is 17.8. The zero-order chi connectivity index (χ0) is 17.9. The average molecular weight is 371 g/mol. The number of nitrogens with one attached hydrogen (secondary N) is 4. The van der Waals surface area contributed by atoms with Gasteiger partial charge in [-0.3, -0.25) is 0 Å². The molecule has 0 amide bonds. The monoisotopic (exact) mass is 370 g/mol. The Morgan fingerprint density at radius 1 is 0.654 bits per heavy atom. The molecule has 5 heteroatoms. The summed E-state index contributed by atoms with van der Waals surface area (Å²) in [5.41, 5.74) is 3.98. The van der Waals surface area contributed by atoms with Crippen LogP contribution in [-0.4, -0.2) is 38.5 Å². The molecule has 4 N–H and O–H groups in total. The first-order chi connectivity index (χ1) is 12.9. The van der Waals surface area contributed by atoms with Crippen molar-refractivity contribution in [1.82, 2.24) is 16.0 Å². The van der Waals surface area contributed by atoms with E-state index in [9.17, 15) is 0 Å². The van der Waals surface area contributed by atoms with Gasteiger partial charge in [0.2, 0.25) is 0 Å². The topological polar surface area (TPSA) is 48.1 Å². The standard InChI is InChI=1S/C21H30N4S/c1-3-8-20-18(6-1)16-24-13-12-22-10-5-11-23-17-19-7-2-4-9-21(19)26-15-14-25-20/h1-4,6-9,22-25H,5,10-17H2. The van der Waals surface area contributed by atoms with Crippen molar-refractivity contribution in [2.24, 2.45) is 0 Å². The molecule has 3 rings (SSSR count). The molecule has 26 heavy (non-hydrogen) atoms. The van der Waals surface area contributed by atoms with Crippen molar-refractivity contribution in [2.75, 3.05) is 43.8 Å². The van der Waals surface area contributed by atoms with Gasteiger partial charge in [-0.15, -0.1) is 11.8 Å². The predicted octanol–water partition coefficient (Wildman–Crippen LogP) is 3.06. The summed E-state index contributed by atoms with van der Waals surface area (Å²) in [5, 5.41) is 14.2. The maximum Gasteiger partial charge on any atom is 0.0386 e. The van der Waals surface area contributed by atoms with Gasteiger partial charge in [-0.1, -0.05) is 36.4 Å². The molecule has 140 valence electrons. The minimum Gasteiger partial charge on any atom is -0.384 e. The highest BCUT2D eigenvalue weighted by Crippen LogP contribution is 2.23. The molecular formula is C21H30N4S. The Bertz CT molecular complexity index is 604. The van der Waals surface area contributed by atoms with Crippen LogP contribution >= 0.6 is 11.8 Å². The lowest BCUT2D eigenvalue weighted by Gasteiger charge is -2.15. The average Bonchev–Trinajstić information content (AvgIpc) is 2.68. The molecule has 4 nitrogen and oxygen atoms in total. The second-order valence-electron chi connectivity index (χ2n) is 6.50. The summed E-state index contributed by atoms with van der Waals surface area (Å²) < 4.78 is 0. The lowest BCUT2D eigenvalue weighted by molar-refractivity contribution is 0.571. The highest BCUT2D eigenvalue weighted by molar-refractivity contribution is 7.99. The van der Waals surface area contributed by atoms with Crippen LogP contribution in [0.3, 0.4) is 0 Å². The molecular weight excluding hydrogens is 340 g/mol. The molecule has 1 heterocycles. The van der Waals surface area contributed by atoms with Gasteiger partial charge in [-0.05, 0) is 42.8 Å². The van der Waals surface area contributed by atoms with Crippen LogP contribution in [0.1, 0.15) is 17.5 Å². The zero-order valence-corrected chi connectivity index (χ0v) is 16.2. The molecule has 0 saturated heterocycles. The Balaban J connectivity index is 1.62. The highest BCUT2D eigenvalue weighted by atomic mass is 32.2. The van der Waals surface area contributed by atoms with E-state index in [0.717, 1.165) is 58.0 Å². The molecule has 0 aliphatic carbocycles. The quantitative estimate of drug-likeness (QED) is 0.574. The van der Waals surface area contributed by atoms with E-state index in [1.165, 1.54) is 21.7 Å². The van der Waals surface area contributed by atoms with Gasteiger partial charge in [-0.2, -0.15) is 0 Å². The number of fused-ring (bicyclic) bond motifs is 2. The van der Waals surface area contributed by atoms with E-state index in [4.69, 9.17) is 0 Å². The van der Waals surface area contributed by atoms with Crippen LogP contribution in [0.15, 0.2) is 53.4 Å². The Labute approximate surface area is 161 Å². The van der Waals surface area contributed by atoms with Gasteiger partial charge in [0.1, 0.15) is 0 Å². The molecule has 0 saturated carbocycles. The molecule has 1 aliphatic heterocycles. The number of hydrogen-bond donors (Lipinski definition) is 4. The van der Waals surface area contributed by atoms with Crippen LogP contribution in [0.25, 0.3) is 0 Å². The molecule has 2 aromatic carbocycles. The first-order valence-corrected chi connectivity index (χ1v) is 10.6. The summed E-state index contributed by atoms with van der Waals surface area (Å²) in [4.78, 5) is 1.39. The minimum absolute atomic E-state index is 0.905. The SMILES string of the molecule is c1ccc2c(c1)CNCCNCCCNCc1ccccc1SCCN2. The second-order valence-corrected chi connectivity index (χ2v) is 7.63. The third-order valence-corrected chi connectivity index (χ3v) is 5.60. The van der Waals surface area contributed by atoms with E-state index in [0.29, 0.717) is 0 Å². The summed E-state index contributed by atoms with van der Waals surface area (Å²) in [6.45, 7) is 6.92. The van der Waals surface area contributed by atoms with Crippen LogP contribution in [0.4, 0.5) is 5.69 Å². The largest absolute Gasteiger partial charge is 0.384 e. The van der Waals surface area contributed by atoms with E-state index in [-0.39, 0.29) is 0 Å². The Morgan fingerprint density at radius 2 is 1.35 bits per heavy atom. The van der Waals surface area contributed by atoms with Gasteiger partial charge in [0.15, 0.2) is 0 Å². The Hall–Kier alpha value is -1.53. The van der Waals surface area contributed by atoms with Crippen molar-refractivity contribution in [2.45, 2.75) is 24.4 Å². The lowest BCUT2D eigenvalue weighted by atomic mass is 10.1. The van der Waals surface area contributed by atoms with Crippen molar-refractivity contribution in [3.8, 4) is 0 Å². The fraction of sp³-hybridized carbons (Fsp3) is 0.429. The summed E-state index contributed by atoms with van der Waals surface area (Å²) >= 11 is 1.93. The van der Waals surface area contributed by atoms with E-state index < -0.39 is 0 Å². The predicted molar refractivity (Wildman–Crippen MR) is 113 cm³/mol. The third-order valence-electron chi connectivity index (χ3n) is 4.48. The van der Waals surface area contributed by atoms with Crippen LogP contribution in [0, 0.1) is 0 Å². The zero-order valence-electron chi connectivity index (χ0n) is 15.4. The third kappa shape index (κ3) is 6.32. The molecule has 0 radical (unpaired) electrons. The van der Waals surface area contributed by atoms with Crippen LogP contribution in [0.5, 0.6) is 0 Å². The van der Waals surface area contributed by atoms with E-state index in [2.05, 4.69) is 69.8 Å². The fourth-order valence-electron chi connectivity index (χ4n) is 3.07. The Kier molecular flexibility index (Phi) is 8.32. The van der Waals surface area contributed by atoms with Crippen LogP contribution < -0.4 is 21.3 Å². The van der Waals surface area contributed by atoms with E-state index in [1.54, 1.807) is 0 Å². The van der Waals surface area contributed by atoms with Crippen LogP contribution in [-0.2, 0) is 13.1 Å². The summed E-state index contributed by atoms with van der Waals surface area (Å²) in [5.74, 6) is 1.06. The number of hydrogen-bond acceptors (Lipinski definition) is 5. The first-order valence-electron chi connectivity index (χ1n) is 9.58. The Morgan fingerprint density at radius 3 is 2.31 bits per heavy atom. The second kappa shape index (κ2) is 11.2. The van der Waals surface area contributed by atoms with Gasteiger partial charge < -0.3 is 21.3 Å². The highest BCUT2D eigenvalue weighted by Gasteiger charge is 2.04. The van der Waals surface area contributed by atoms with Gasteiger partial charge in [0, 0.05) is 49.1 Å². The van der Waals surface area contributed by atoms with Crippen molar-refractivity contribution >= 4 is 17.4 Å². The number of para-hydroxylation sites is 1. The molecule has 0 fully saturated rings. The summed E-state index contributed by atoms with van der Waals surface area (Å²) in [6.07, 6.45) is 1.15. The van der Waals surface area contributed by atoms with Crippen molar-refractivity contribution in [3.63, 3.8) is 0 Å². The van der Waals surface area contributed by atoms with E-state index >= 15 is 0 Å². The number of benzene rings is 2. The van der Waals surface area contributed by atoms with Gasteiger partial charge in [0.05, 0.1) is 0 Å². The van der Waals surface area contributed by atoms with Crippen molar-refractivity contribution < 1.29 is 0 Å². The molecule has 1 aliphatic rings. The molecule has 0 atom stereocenters. The lowest BCUT2D eigenvalue weighted by Crippen LogP contribution is -2.29. The van der Waals surface area contributed by atoms with Gasteiger partial charge >= 0.3 is 0 Å². The summed E-state index contributed by atoms with van der Waals surface area (Å²) in [6, 6.07) is 17.3. The number of thioether (sulfide) groups is 1. The molecule has 0 spiro atoms. The molecule has 2 aromatic rings. The number of rotatable bonds is 0. The maximum absolute atomic E-state index is 3.61. The number of anilines is 1. The first kappa shape index (κ1) is 19.2. The fourth-order valence-corrected chi connectivity index (χ4v) is 4.00. The van der Waals surface area contributed by atoms with Gasteiger partial charge in [-0.25, -0.2) is 0 Å². The van der Waals surface area contributed by atoms with Crippen molar-refractivity contribution in [3.05, 3.63) is 59.7 Å². The molecule has 0 unspecified atom stereocenters. The van der Waals surface area contributed by atoms with E-state index in [1.807, 2.05) is 11.8 Å².